The van der Waals surface area contributed by atoms with E-state index in [0.717, 1.165) is 5.76 Å². The quantitative estimate of drug-likeness (QED) is 0.440. The number of hydrogen-bond donors (Lipinski definition) is 2. The minimum Gasteiger partial charge on any atom is -0.468 e. The summed E-state index contributed by atoms with van der Waals surface area (Å²) in [6.07, 6.45) is 3.14. The number of furan rings is 2. The Morgan fingerprint density at radius 3 is 1.97 bits per heavy atom. The van der Waals surface area contributed by atoms with Crippen LogP contribution in [0.2, 0.25) is 0 Å². The SMILES string of the molecule is CN(C)[C@H](CNC(=O)c1cccc(S(=O)(=O)NC[C@@H](c2ccco2)N(C)C)c1)c1ccco1. The van der Waals surface area contributed by atoms with Crippen LogP contribution in [0.5, 0.6) is 0 Å². The molecule has 2 N–H and O–H groups in total. The lowest BCUT2D eigenvalue weighted by atomic mass is 10.2. The molecule has 9 nitrogen and oxygen atoms in total. The van der Waals surface area contributed by atoms with Crippen molar-refractivity contribution >= 4 is 15.9 Å². The molecule has 0 aliphatic heterocycles. The molecule has 0 aliphatic carbocycles. The number of rotatable bonds is 11. The molecule has 33 heavy (non-hydrogen) atoms. The molecule has 2 aromatic heterocycles. The molecule has 0 spiro atoms. The summed E-state index contributed by atoms with van der Waals surface area (Å²) in [5.41, 5.74) is 0.255. The molecule has 2 heterocycles. The molecule has 1 aromatic carbocycles. The summed E-state index contributed by atoms with van der Waals surface area (Å²) in [5, 5.41) is 2.86. The molecule has 3 rings (SSSR count). The molecule has 0 bridgehead atoms. The van der Waals surface area contributed by atoms with Crippen molar-refractivity contribution in [3.8, 4) is 0 Å². The molecule has 1 amide bonds. The Balaban J connectivity index is 1.68. The van der Waals surface area contributed by atoms with Gasteiger partial charge in [-0.3, -0.25) is 14.6 Å². The highest BCUT2D eigenvalue weighted by atomic mass is 32.2. The normalized spacial score (nSPS) is 13.9. The number of benzene rings is 1. The lowest BCUT2D eigenvalue weighted by Gasteiger charge is -2.23. The van der Waals surface area contributed by atoms with E-state index >= 15 is 0 Å². The minimum absolute atomic E-state index is 0.0160. The van der Waals surface area contributed by atoms with Crippen LogP contribution in [0.25, 0.3) is 0 Å². The van der Waals surface area contributed by atoms with Crippen molar-refractivity contribution in [1.29, 1.82) is 0 Å². The Labute approximate surface area is 194 Å². The predicted octanol–water partition coefficient (Wildman–Crippen LogP) is 2.49. The van der Waals surface area contributed by atoms with Crippen molar-refractivity contribution in [2.75, 3.05) is 41.3 Å². The van der Waals surface area contributed by atoms with Crippen LogP contribution in [-0.2, 0) is 10.0 Å². The number of carbonyl (C=O) groups is 1. The van der Waals surface area contributed by atoms with Crippen molar-refractivity contribution in [1.82, 2.24) is 19.8 Å². The zero-order valence-electron chi connectivity index (χ0n) is 19.2. The number of hydrogen-bond acceptors (Lipinski definition) is 7. The molecule has 0 aliphatic rings. The zero-order chi connectivity index (χ0) is 24.0. The topological polar surface area (TPSA) is 108 Å². The van der Waals surface area contributed by atoms with Gasteiger partial charge in [-0.2, -0.15) is 0 Å². The van der Waals surface area contributed by atoms with E-state index in [1.165, 1.54) is 12.1 Å². The first-order valence-corrected chi connectivity index (χ1v) is 11.9. The van der Waals surface area contributed by atoms with Crippen molar-refractivity contribution in [2.45, 2.75) is 17.0 Å². The van der Waals surface area contributed by atoms with Crippen LogP contribution in [0.1, 0.15) is 34.0 Å². The van der Waals surface area contributed by atoms with Crippen LogP contribution in [0.15, 0.2) is 74.8 Å². The van der Waals surface area contributed by atoms with E-state index in [2.05, 4.69) is 10.0 Å². The lowest BCUT2D eigenvalue weighted by Crippen LogP contribution is -2.35. The lowest BCUT2D eigenvalue weighted by molar-refractivity contribution is 0.0939. The van der Waals surface area contributed by atoms with Gasteiger partial charge in [0.2, 0.25) is 10.0 Å². The van der Waals surface area contributed by atoms with Crippen molar-refractivity contribution in [3.63, 3.8) is 0 Å². The van der Waals surface area contributed by atoms with Gasteiger partial charge >= 0.3 is 0 Å². The molecule has 0 saturated heterocycles. The summed E-state index contributed by atoms with van der Waals surface area (Å²) in [4.78, 5) is 16.6. The van der Waals surface area contributed by atoms with Gasteiger partial charge in [0, 0.05) is 18.7 Å². The van der Waals surface area contributed by atoms with E-state index < -0.39 is 10.0 Å². The van der Waals surface area contributed by atoms with Gasteiger partial charge in [0.1, 0.15) is 11.5 Å². The summed E-state index contributed by atoms with van der Waals surface area (Å²) in [7, 11) is 3.63. The predicted molar refractivity (Wildman–Crippen MR) is 124 cm³/mol. The minimum atomic E-state index is -3.84. The average molecular weight is 475 g/mol. The smallest absolute Gasteiger partial charge is 0.251 e. The Morgan fingerprint density at radius 2 is 1.45 bits per heavy atom. The Morgan fingerprint density at radius 1 is 0.879 bits per heavy atom. The first kappa shape index (κ1) is 24.7. The van der Waals surface area contributed by atoms with Crippen LogP contribution in [0, 0.1) is 0 Å². The standard InChI is InChI=1S/C23H30N4O5S/c1-26(2)19(21-10-6-12-31-21)15-24-23(28)17-8-5-9-18(14-17)33(29,30)25-16-20(27(3)4)22-11-7-13-32-22/h5-14,19-20,25H,15-16H2,1-4H3,(H,24,28)/t19-,20+/m1/s1. The van der Waals surface area contributed by atoms with Crippen LogP contribution >= 0.6 is 0 Å². The van der Waals surface area contributed by atoms with Crippen molar-refractivity contribution in [3.05, 3.63) is 78.1 Å². The van der Waals surface area contributed by atoms with Crippen LogP contribution < -0.4 is 10.0 Å². The summed E-state index contributed by atoms with van der Waals surface area (Å²) in [5.74, 6) is 1.02. The maximum atomic E-state index is 12.9. The number of sulfonamides is 1. The molecule has 0 saturated carbocycles. The second kappa shape index (κ2) is 10.8. The maximum Gasteiger partial charge on any atom is 0.251 e. The highest BCUT2D eigenvalue weighted by molar-refractivity contribution is 7.89. The van der Waals surface area contributed by atoms with Crippen molar-refractivity contribution in [2.24, 2.45) is 0 Å². The molecule has 0 radical (unpaired) electrons. The highest BCUT2D eigenvalue weighted by Crippen LogP contribution is 2.20. The first-order chi connectivity index (χ1) is 15.7. The van der Waals surface area contributed by atoms with Gasteiger partial charge in [0.25, 0.3) is 5.91 Å². The van der Waals surface area contributed by atoms with E-state index in [1.54, 1.807) is 42.9 Å². The molecule has 2 atom stereocenters. The molecule has 10 heteroatoms. The summed E-state index contributed by atoms with van der Waals surface area (Å²) in [6.45, 7) is 0.426. The van der Waals surface area contributed by atoms with E-state index in [-0.39, 0.29) is 35.0 Å². The van der Waals surface area contributed by atoms with E-state index in [4.69, 9.17) is 8.83 Å². The summed E-state index contributed by atoms with van der Waals surface area (Å²) in [6, 6.07) is 12.7. The highest BCUT2D eigenvalue weighted by Gasteiger charge is 2.23. The van der Waals surface area contributed by atoms with Gasteiger partial charge in [-0.1, -0.05) is 6.07 Å². The van der Waals surface area contributed by atoms with Crippen LogP contribution in [0.3, 0.4) is 0 Å². The van der Waals surface area contributed by atoms with E-state index in [1.807, 2.05) is 44.1 Å². The third-order valence-electron chi connectivity index (χ3n) is 5.32. The van der Waals surface area contributed by atoms with Crippen molar-refractivity contribution < 1.29 is 22.0 Å². The largest absolute Gasteiger partial charge is 0.468 e. The fourth-order valence-corrected chi connectivity index (χ4v) is 4.49. The van der Waals surface area contributed by atoms with Gasteiger partial charge < -0.3 is 14.2 Å². The zero-order valence-corrected chi connectivity index (χ0v) is 20.0. The molecule has 0 unspecified atom stereocenters. The van der Waals surface area contributed by atoms with Gasteiger partial charge in [0.05, 0.1) is 29.5 Å². The van der Waals surface area contributed by atoms with Gasteiger partial charge in [-0.25, -0.2) is 13.1 Å². The van der Waals surface area contributed by atoms with Gasteiger partial charge in [-0.05, 0) is 70.7 Å². The first-order valence-electron chi connectivity index (χ1n) is 10.5. The second-order valence-electron chi connectivity index (χ2n) is 8.08. The maximum absolute atomic E-state index is 12.9. The number of amides is 1. The third-order valence-corrected chi connectivity index (χ3v) is 6.74. The Kier molecular flexibility index (Phi) is 8.09. The van der Waals surface area contributed by atoms with Gasteiger partial charge in [0.15, 0.2) is 0 Å². The Bertz CT molecular complexity index is 1130. The Hall–Kier alpha value is -2.92. The summed E-state index contributed by atoms with van der Waals surface area (Å²) < 4.78 is 39.3. The molecular weight excluding hydrogens is 444 g/mol. The number of likely N-dealkylation sites (N-methyl/N-ethyl adjacent to an activating group) is 2. The third kappa shape index (κ3) is 6.32. The fourth-order valence-electron chi connectivity index (χ4n) is 3.40. The second-order valence-corrected chi connectivity index (χ2v) is 9.85. The molecular formula is C23H30N4O5S. The summed E-state index contributed by atoms with van der Waals surface area (Å²) >= 11 is 0. The van der Waals surface area contributed by atoms with E-state index in [0.29, 0.717) is 12.3 Å². The van der Waals surface area contributed by atoms with Crippen LogP contribution in [-0.4, -0.2) is 65.4 Å². The van der Waals surface area contributed by atoms with Gasteiger partial charge in [-0.15, -0.1) is 0 Å². The average Bonchev–Trinajstić information content (AvgIpc) is 3.48. The number of nitrogens with zero attached hydrogens (tertiary/aromatic N) is 2. The monoisotopic (exact) mass is 474 g/mol. The number of carbonyl (C=O) groups excluding carboxylic acids is 1. The molecule has 178 valence electrons. The van der Waals surface area contributed by atoms with E-state index in [9.17, 15) is 13.2 Å². The molecule has 3 aromatic rings. The fraction of sp³-hybridized carbons (Fsp3) is 0.348. The molecule has 0 fully saturated rings. The number of nitrogens with one attached hydrogen (secondary N) is 2. The van der Waals surface area contributed by atoms with Crippen LogP contribution in [0.4, 0.5) is 0 Å².